The molecule has 53 heavy (non-hydrogen) atoms. The summed E-state index contributed by atoms with van der Waals surface area (Å²) in [6, 6.07) is 0. The number of hydrogen-bond acceptors (Lipinski definition) is 11. The number of phosphoric acid groups is 1. The minimum atomic E-state index is -5.02. The Hall–Kier alpha value is -1.96. The molecule has 12 nitrogen and oxygen atoms in total. The largest absolute Gasteiger partial charge is 0.472 e. The molecule has 0 radical (unpaired) electrons. The van der Waals surface area contributed by atoms with E-state index >= 15 is 0 Å². The van der Waals surface area contributed by atoms with E-state index in [1.54, 1.807) is 0 Å². The van der Waals surface area contributed by atoms with Gasteiger partial charge in [-0.15, -0.1) is 0 Å². The predicted molar refractivity (Wildman–Crippen MR) is 207 cm³/mol. The number of carbonyl (C=O) groups is 1. The highest BCUT2D eigenvalue weighted by Gasteiger charge is 2.51. The second-order valence-electron chi connectivity index (χ2n) is 13.4. The number of aliphatic hydroxyl groups is 5. The Kier molecular flexibility index (Phi) is 28.9. The third kappa shape index (κ3) is 24.2. The lowest BCUT2D eigenvalue weighted by Crippen LogP contribution is -2.64. The molecule has 0 saturated heterocycles. The summed E-state index contributed by atoms with van der Waals surface area (Å²) in [4.78, 5) is 23.0. The smallest absolute Gasteiger partial charge is 0.457 e. The van der Waals surface area contributed by atoms with Crippen molar-refractivity contribution < 1.29 is 58.3 Å². The number of unbranched alkanes of at least 4 members (excludes halogenated alkanes) is 9. The van der Waals surface area contributed by atoms with Crippen molar-refractivity contribution in [2.24, 2.45) is 0 Å². The third-order valence-corrected chi connectivity index (χ3v) is 9.59. The van der Waals surface area contributed by atoms with E-state index in [4.69, 9.17) is 18.5 Å². The zero-order valence-corrected chi connectivity index (χ0v) is 32.9. The Bertz CT molecular complexity index is 1110. The number of rotatable bonds is 31. The molecule has 306 valence electrons. The summed E-state index contributed by atoms with van der Waals surface area (Å²) in [5.74, 6) is -0.524. The Morgan fingerprint density at radius 1 is 0.623 bits per heavy atom. The molecule has 0 aromatic heterocycles. The van der Waals surface area contributed by atoms with Crippen molar-refractivity contribution in [1.29, 1.82) is 0 Å². The third-order valence-electron chi connectivity index (χ3n) is 8.61. The van der Waals surface area contributed by atoms with Crippen LogP contribution in [-0.4, -0.2) is 98.9 Å². The van der Waals surface area contributed by atoms with Crippen molar-refractivity contribution in [2.45, 2.75) is 166 Å². The molecule has 0 aliphatic heterocycles. The molecule has 13 heteroatoms. The average molecular weight is 773 g/mol. The molecule has 0 aromatic rings. The standard InChI is InChI=1S/C40H69O12P/c1-3-5-7-9-11-13-15-16-17-18-19-21-23-25-27-29-34(41)51-33(31-49-30-28-26-24-22-20-14-12-10-8-6-4-2)32-50-53(47,48)52-40-38(45)36(43)35(42)37(44)39(40)46/h5,7-8,10-11,13,16-17,19,21,33,35-40,42-46H,3-4,6,9,12,14-15,18,20,22-32H2,1-2H3,(H,47,48)/b7-5-,10-8-,13-11-,17-16-,21-19-. The molecule has 0 amide bonds. The molecule has 1 fully saturated rings. The van der Waals surface area contributed by atoms with Gasteiger partial charge in [-0.05, 0) is 70.6 Å². The molecule has 6 N–H and O–H groups in total. The van der Waals surface area contributed by atoms with Crippen LogP contribution in [0.1, 0.15) is 123 Å². The van der Waals surface area contributed by atoms with E-state index in [9.17, 15) is 39.8 Å². The van der Waals surface area contributed by atoms with Gasteiger partial charge in [0.15, 0.2) is 0 Å². The molecule has 1 aliphatic rings. The van der Waals surface area contributed by atoms with Gasteiger partial charge in [-0.2, -0.15) is 0 Å². The number of phosphoric ester groups is 1. The quantitative estimate of drug-likeness (QED) is 0.0190. The van der Waals surface area contributed by atoms with Crippen LogP contribution >= 0.6 is 7.82 Å². The molecule has 6 atom stereocenters. The highest BCUT2D eigenvalue weighted by atomic mass is 31.2. The number of esters is 1. The highest BCUT2D eigenvalue weighted by Crippen LogP contribution is 2.47. The van der Waals surface area contributed by atoms with Gasteiger partial charge in [-0.3, -0.25) is 13.8 Å². The molecule has 0 aromatic carbocycles. The van der Waals surface area contributed by atoms with Gasteiger partial charge < -0.3 is 39.9 Å². The first kappa shape index (κ1) is 49.1. The van der Waals surface area contributed by atoms with Crippen LogP contribution in [0, 0.1) is 0 Å². The average Bonchev–Trinajstić information content (AvgIpc) is 3.14. The summed E-state index contributed by atoms with van der Waals surface area (Å²) in [6.07, 6.45) is 24.5. The van der Waals surface area contributed by atoms with Crippen LogP contribution in [0.3, 0.4) is 0 Å². The minimum absolute atomic E-state index is 0.101. The maximum atomic E-state index is 12.7. The highest BCUT2D eigenvalue weighted by molar-refractivity contribution is 7.47. The molecule has 6 unspecified atom stereocenters. The van der Waals surface area contributed by atoms with Gasteiger partial charge in [0, 0.05) is 13.0 Å². The number of allylic oxidation sites excluding steroid dienone is 10. The number of aliphatic hydroxyl groups excluding tert-OH is 5. The molecular formula is C40H69O12P. The van der Waals surface area contributed by atoms with Crippen molar-refractivity contribution in [3.05, 3.63) is 60.8 Å². The normalized spacial score (nSPS) is 24.3. The lowest BCUT2D eigenvalue weighted by Gasteiger charge is -2.41. The van der Waals surface area contributed by atoms with E-state index in [-0.39, 0.29) is 13.0 Å². The van der Waals surface area contributed by atoms with E-state index in [0.29, 0.717) is 13.0 Å². The van der Waals surface area contributed by atoms with Crippen LogP contribution in [-0.2, 0) is 27.9 Å². The molecule has 1 saturated carbocycles. The van der Waals surface area contributed by atoms with E-state index in [0.717, 1.165) is 77.0 Å². The van der Waals surface area contributed by atoms with Crippen LogP contribution in [0.15, 0.2) is 60.8 Å². The molecule has 1 rings (SSSR count). The molecule has 0 spiro atoms. The molecule has 1 aliphatic carbocycles. The second kappa shape index (κ2) is 31.3. The van der Waals surface area contributed by atoms with Gasteiger partial charge in [0.25, 0.3) is 0 Å². The number of carbonyl (C=O) groups excluding carboxylic acids is 1. The van der Waals surface area contributed by atoms with Crippen LogP contribution < -0.4 is 0 Å². The first-order valence-electron chi connectivity index (χ1n) is 19.6. The van der Waals surface area contributed by atoms with E-state index < -0.39 is 63.1 Å². The van der Waals surface area contributed by atoms with Gasteiger partial charge in [0.05, 0.1) is 13.2 Å². The fourth-order valence-corrected chi connectivity index (χ4v) is 6.44. The number of ether oxygens (including phenoxy) is 2. The Balaban J connectivity index is 2.52. The Morgan fingerprint density at radius 2 is 1.11 bits per heavy atom. The van der Waals surface area contributed by atoms with Gasteiger partial charge in [-0.25, -0.2) is 4.57 Å². The Morgan fingerprint density at radius 3 is 1.72 bits per heavy atom. The van der Waals surface area contributed by atoms with Gasteiger partial charge in [0.2, 0.25) is 0 Å². The van der Waals surface area contributed by atoms with E-state index in [2.05, 4.69) is 74.6 Å². The first-order valence-corrected chi connectivity index (χ1v) is 21.1. The molecular weight excluding hydrogens is 703 g/mol. The van der Waals surface area contributed by atoms with Crippen LogP contribution in [0.5, 0.6) is 0 Å². The van der Waals surface area contributed by atoms with Gasteiger partial charge >= 0.3 is 13.8 Å². The monoisotopic (exact) mass is 772 g/mol. The molecule has 0 heterocycles. The van der Waals surface area contributed by atoms with Crippen molar-refractivity contribution >= 4 is 13.8 Å². The van der Waals surface area contributed by atoms with Crippen LogP contribution in [0.2, 0.25) is 0 Å². The zero-order valence-electron chi connectivity index (χ0n) is 32.0. The summed E-state index contributed by atoms with van der Waals surface area (Å²) in [5, 5.41) is 50.0. The molecule has 0 bridgehead atoms. The lowest BCUT2D eigenvalue weighted by molar-refractivity contribution is -0.220. The maximum absolute atomic E-state index is 12.7. The fraction of sp³-hybridized carbons (Fsp3) is 0.725. The van der Waals surface area contributed by atoms with Crippen molar-refractivity contribution in [3.8, 4) is 0 Å². The van der Waals surface area contributed by atoms with Crippen LogP contribution in [0.25, 0.3) is 0 Å². The van der Waals surface area contributed by atoms with Gasteiger partial charge in [0.1, 0.15) is 42.7 Å². The van der Waals surface area contributed by atoms with Gasteiger partial charge in [-0.1, -0.05) is 107 Å². The van der Waals surface area contributed by atoms with Crippen molar-refractivity contribution in [1.82, 2.24) is 0 Å². The van der Waals surface area contributed by atoms with Crippen LogP contribution in [0.4, 0.5) is 0 Å². The maximum Gasteiger partial charge on any atom is 0.472 e. The summed E-state index contributed by atoms with van der Waals surface area (Å²) in [7, 11) is -5.02. The lowest BCUT2D eigenvalue weighted by atomic mass is 9.85. The van der Waals surface area contributed by atoms with E-state index in [1.165, 1.54) is 19.3 Å². The second-order valence-corrected chi connectivity index (χ2v) is 14.8. The topological polar surface area (TPSA) is 192 Å². The summed E-state index contributed by atoms with van der Waals surface area (Å²) < 4.78 is 33.9. The van der Waals surface area contributed by atoms with Crippen molar-refractivity contribution in [3.63, 3.8) is 0 Å². The fourth-order valence-electron chi connectivity index (χ4n) is 5.46. The summed E-state index contributed by atoms with van der Waals surface area (Å²) >= 11 is 0. The Labute approximate surface area is 317 Å². The predicted octanol–water partition coefficient (Wildman–Crippen LogP) is 6.69. The SMILES string of the molecule is CC/C=C\C/C=C\C/C=C\C/C=C\CCCCC(=O)OC(COCCCCCCCC/C=C\CCC)COP(=O)(O)OC1C(O)C(O)C(O)C(O)C1O. The first-order chi connectivity index (χ1) is 25.5. The number of hydrogen-bond donors (Lipinski definition) is 6. The minimum Gasteiger partial charge on any atom is -0.457 e. The summed E-state index contributed by atoms with van der Waals surface area (Å²) in [5.41, 5.74) is 0. The van der Waals surface area contributed by atoms with Crippen molar-refractivity contribution in [2.75, 3.05) is 19.8 Å². The summed E-state index contributed by atoms with van der Waals surface area (Å²) in [6.45, 7) is 3.98. The zero-order chi connectivity index (χ0) is 39.2. The van der Waals surface area contributed by atoms with E-state index in [1.807, 2.05) is 0 Å².